The molecule has 0 spiro atoms. The number of nitrogens with zero attached hydrogens (tertiary/aromatic N) is 3. The van der Waals surface area contributed by atoms with Gasteiger partial charge in [-0.15, -0.1) is 0 Å². The highest BCUT2D eigenvalue weighted by Crippen LogP contribution is 2.31. The lowest BCUT2D eigenvalue weighted by molar-refractivity contribution is 0.222. The van der Waals surface area contributed by atoms with Gasteiger partial charge in [0.2, 0.25) is 5.89 Å². The van der Waals surface area contributed by atoms with Crippen LogP contribution in [-0.2, 0) is 6.42 Å². The van der Waals surface area contributed by atoms with Crippen molar-refractivity contribution in [2.75, 3.05) is 18.9 Å². The monoisotopic (exact) mass is 342 g/mol. The van der Waals surface area contributed by atoms with Crippen LogP contribution >= 0.6 is 0 Å². The Morgan fingerprint density at radius 3 is 2.80 bits per heavy atom. The first kappa shape index (κ1) is 17.5. The predicted octanol–water partition coefficient (Wildman–Crippen LogP) is 4.13. The first-order chi connectivity index (χ1) is 12.1. The number of nitrogens with one attached hydrogen (secondary N) is 1. The topological polar surface area (TPSA) is 71.3 Å². The number of para-hydroxylation sites is 1. The van der Waals surface area contributed by atoms with Crippen molar-refractivity contribution in [3.8, 4) is 0 Å². The summed E-state index contributed by atoms with van der Waals surface area (Å²) in [6.45, 7) is 2.52. The Morgan fingerprint density at radius 1 is 1.28 bits per heavy atom. The zero-order valence-electron chi connectivity index (χ0n) is 15.0. The Kier molecular flexibility index (Phi) is 5.68. The number of aryl methyl sites for hydroxylation is 1. The van der Waals surface area contributed by atoms with Crippen LogP contribution in [-0.4, -0.2) is 34.7 Å². The second-order valence-corrected chi connectivity index (χ2v) is 6.80. The van der Waals surface area contributed by atoms with Crippen LogP contribution in [0.5, 0.6) is 0 Å². The number of urea groups is 1. The largest absolute Gasteiger partial charge is 0.339 e. The van der Waals surface area contributed by atoms with Crippen LogP contribution in [0.3, 0.4) is 0 Å². The first-order valence-corrected chi connectivity index (χ1v) is 9.03. The van der Waals surface area contributed by atoms with E-state index in [2.05, 4.69) is 15.5 Å². The first-order valence-electron chi connectivity index (χ1n) is 9.03. The van der Waals surface area contributed by atoms with Gasteiger partial charge in [-0.3, -0.25) is 0 Å². The van der Waals surface area contributed by atoms with Crippen molar-refractivity contribution in [3.63, 3.8) is 0 Å². The molecule has 2 amide bonds. The lowest BCUT2D eigenvalue weighted by atomic mass is 9.89. The van der Waals surface area contributed by atoms with Crippen molar-refractivity contribution in [1.82, 2.24) is 15.0 Å². The van der Waals surface area contributed by atoms with Crippen molar-refractivity contribution < 1.29 is 9.32 Å². The second-order valence-electron chi connectivity index (χ2n) is 6.80. The molecule has 0 saturated heterocycles. The molecule has 1 aliphatic rings. The molecule has 1 aliphatic carbocycles. The minimum absolute atomic E-state index is 0.134. The average Bonchev–Trinajstić information content (AvgIpc) is 3.11. The van der Waals surface area contributed by atoms with Crippen LogP contribution in [0.4, 0.5) is 10.5 Å². The normalized spacial score (nSPS) is 15.1. The highest BCUT2D eigenvalue weighted by molar-refractivity contribution is 5.89. The highest BCUT2D eigenvalue weighted by atomic mass is 16.5. The molecule has 0 radical (unpaired) electrons. The molecule has 1 N–H and O–H groups in total. The Morgan fingerprint density at radius 2 is 2.04 bits per heavy atom. The molecule has 3 rings (SSSR count). The third-order valence-corrected chi connectivity index (χ3v) is 4.84. The Bertz CT molecular complexity index is 707. The summed E-state index contributed by atoms with van der Waals surface area (Å²) in [5.74, 6) is 1.86. The molecule has 0 atom stereocenters. The van der Waals surface area contributed by atoms with Gasteiger partial charge >= 0.3 is 6.03 Å². The van der Waals surface area contributed by atoms with Gasteiger partial charge in [0.1, 0.15) is 0 Å². The van der Waals surface area contributed by atoms with Gasteiger partial charge in [0.15, 0.2) is 5.82 Å². The van der Waals surface area contributed by atoms with Crippen LogP contribution in [0.2, 0.25) is 0 Å². The van der Waals surface area contributed by atoms with E-state index in [0.29, 0.717) is 24.7 Å². The van der Waals surface area contributed by atoms with Crippen LogP contribution in [0, 0.1) is 6.92 Å². The smallest absolute Gasteiger partial charge is 0.321 e. The summed E-state index contributed by atoms with van der Waals surface area (Å²) >= 11 is 0. The summed E-state index contributed by atoms with van der Waals surface area (Å²) in [6.07, 6.45) is 6.65. The number of benzene rings is 1. The number of hydrogen-bond acceptors (Lipinski definition) is 4. The van der Waals surface area contributed by atoms with Crippen molar-refractivity contribution in [1.29, 1.82) is 0 Å². The van der Waals surface area contributed by atoms with E-state index in [9.17, 15) is 4.79 Å². The van der Waals surface area contributed by atoms with E-state index in [0.717, 1.165) is 30.0 Å². The zero-order valence-corrected chi connectivity index (χ0v) is 15.0. The van der Waals surface area contributed by atoms with Crippen LogP contribution in [0.25, 0.3) is 0 Å². The Balaban J connectivity index is 1.50. The summed E-state index contributed by atoms with van der Waals surface area (Å²) in [5, 5.41) is 7.00. The number of carbonyl (C=O) groups excluding carboxylic acids is 1. The molecule has 2 aromatic rings. The number of rotatable bonds is 5. The summed E-state index contributed by atoms with van der Waals surface area (Å²) in [6, 6.07) is 7.60. The van der Waals surface area contributed by atoms with E-state index in [4.69, 9.17) is 4.52 Å². The van der Waals surface area contributed by atoms with E-state index in [1.807, 2.05) is 31.2 Å². The lowest BCUT2D eigenvalue weighted by Gasteiger charge is -2.18. The van der Waals surface area contributed by atoms with Gasteiger partial charge in [-0.1, -0.05) is 42.6 Å². The SMILES string of the molecule is Cc1ccccc1NC(=O)N(C)CCc1noc(C2CCCCC2)n1. The maximum absolute atomic E-state index is 12.3. The number of likely N-dealkylation sites (N-methyl/N-ethyl adjacent to an activating group) is 1. The van der Waals surface area contributed by atoms with Crippen molar-refractivity contribution >= 4 is 11.7 Å². The molecule has 0 bridgehead atoms. The van der Waals surface area contributed by atoms with Gasteiger partial charge in [-0.2, -0.15) is 4.98 Å². The standard InChI is InChI=1S/C19H26N4O2/c1-14-8-6-7-11-16(14)20-19(24)23(2)13-12-17-21-18(25-22-17)15-9-4-3-5-10-15/h6-8,11,15H,3-5,9-10,12-13H2,1-2H3,(H,20,24). The molecule has 0 aliphatic heterocycles. The maximum atomic E-state index is 12.3. The zero-order chi connectivity index (χ0) is 17.6. The average molecular weight is 342 g/mol. The number of amides is 2. The van der Waals surface area contributed by atoms with Gasteiger partial charge in [0.25, 0.3) is 0 Å². The van der Waals surface area contributed by atoms with Gasteiger partial charge < -0.3 is 14.7 Å². The quantitative estimate of drug-likeness (QED) is 0.887. The van der Waals surface area contributed by atoms with Crippen molar-refractivity contribution in [2.24, 2.45) is 0 Å². The minimum atomic E-state index is -0.134. The molecule has 1 fully saturated rings. The molecule has 6 heteroatoms. The molecular weight excluding hydrogens is 316 g/mol. The van der Waals surface area contributed by atoms with E-state index in [1.165, 1.54) is 19.3 Å². The van der Waals surface area contributed by atoms with Crippen LogP contribution in [0.1, 0.15) is 55.3 Å². The van der Waals surface area contributed by atoms with Gasteiger partial charge in [0, 0.05) is 31.6 Å². The van der Waals surface area contributed by atoms with E-state index in [-0.39, 0.29) is 6.03 Å². The molecule has 0 unspecified atom stereocenters. The predicted molar refractivity (Wildman–Crippen MR) is 96.7 cm³/mol. The Labute approximate surface area is 148 Å². The van der Waals surface area contributed by atoms with E-state index >= 15 is 0 Å². The van der Waals surface area contributed by atoms with Gasteiger partial charge in [-0.05, 0) is 31.4 Å². The number of anilines is 1. The fourth-order valence-electron chi connectivity index (χ4n) is 3.18. The summed E-state index contributed by atoms with van der Waals surface area (Å²) in [4.78, 5) is 18.5. The second kappa shape index (κ2) is 8.14. The summed E-state index contributed by atoms with van der Waals surface area (Å²) in [5.41, 5.74) is 1.87. The molecule has 6 nitrogen and oxygen atoms in total. The number of aromatic nitrogens is 2. The maximum Gasteiger partial charge on any atom is 0.321 e. The van der Waals surface area contributed by atoms with Gasteiger partial charge in [-0.25, -0.2) is 4.79 Å². The molecule has 1 aromatic carbocycles. The molecule has 25 heavy (non-hydrogen) atoms. The molecular formula is C19H26N4O2. The highest BCUT2D eigenvalue weighted by Gasteiger charge is 2.21. The van der Waals surface area contributed by atoms with Crippen molar-refractivity contribution in [2.45, 2.75) is 51.4 Å². The molecule has 1 aromatic heterocycles. The molecule has 134 valence electrons. The van der Waals surface area contributed by atoms with E-state index < -0.39 is 0 Å². The van der Waals surface area contributed by atoms with Crippen molar-refractivity contribution in [3.05, 3.63) is 41.5 Å². The lowest BCUT2D eigenvalue weighted by Crippen LogP contribution is -2.33. The van der Waals surface area contributed by atoms with E-state index in [1.54, 1.807) is 11.9 Å². The molecule has 1 heterocycles. The molecule has 1 saturated carbocycles. The summed E-state index contributed by atoms with van der Waals surface area (Å²) in [7, 11) is 1.77. The van der Waals surface area contributed by atoms with Crippen LogP contribution in [0.15, 0.2) is 28.8 Å². The number of carbonyl (C=O) groups is 1. The third kappa shape index (κ3) is 4.59. The fraction of sp³-hybridized carbons (Fsp3) is 0.526. The third-order valence-electron chi connectivity index (χ3n) is 4.84. The summed E-state index contributed by atoms with van der Waals surface area (Å²) < 4.78 is 5.43. The van der Waals surface area contributed by atoms with Crippen LogP contribution < -0.4 is 5.32 Å². The minimum Gasteiger partial charge on any atom is -0.339 e. The fourth-order valence-corrected chi connectivity index (χ4v) is 3.18. The van der Waals surface area contributed by atoms with Gasteiger partial charge in [0.05, 0.1) is 0 Å². The Hall–Kier alpha value is -2.37. The number of hydrogen-bond donors (Lipinski definition) is 1.